The van der Waals surface area contributed by atoms with Gasteiger partial charge in [0.25, 0.3) is 0 Å². The third kappa shape index (κ3) is 20.2. The van der Waals surface area contributed by atoms with Crippen LogP contribution in [-0.2, 0) is 18.4 Å². The Morgan fingerprint density at radius 1 is 0.633 bits per heavy atom. The van der Waals surface area contributed by atoms with Crippen molar-refractivity contribution >= 4 is 13.7 Å². The molecule has 0 bridgehead atoms. The van der Waals surface area contributed by atoms with E-state index in [0.717, 1.165) is 51.4 Å². The van der Waals surface area contributed by atoms with Crippen molar-refractivity contribution in [3.05, 3.63) is 0 Å². The van der Waals surface area contributed by atoms with Crippen molar-refractivity contribution in [2.45, 2.75) is 210 Å². The van der Waals surface area contributed by atoms with Gasteiger partial charge in [0.05, 0.1) is 31.3 Å². The number of carbonyl (C=O) groups is 1. The van der Waals surface area contributed by atoms with Crippen LogP contribution in [0.3, 0.4) is 0 Å². The second-order valence-electron chi connectivity index (χ2n) is 14.0. The lowest BCUT2D eigenvalue weighted by atomic mass is 9.85. The first-order chi connectivity index (χ1) is 23.3. The highest BCUT2D eigenvalue weighted by molar-refractivity contribution is 7.47. The average molecular weight is 728 g/mol. The fourth-order valence-electron chi connectivity index (χ4n) is 6.24. The monoisotopic (exact) mass is 727 g/mol. The molecule has 0 aromatic heterocycles. The van der Waals surface area contributed by atoms with Gasteiger partial charge in [-0.25, -0.2) is 4.57 Å². The third-order valence-electron chi connectivity index (χ3n) is 9.47. The van der Waals surface area contributed by atoms with Crippen LogP contribution in [0.4, 0.5) is 0 Å². The summed E-state index contributed by atoms with van der Waals surface area (Å²) in [7, 11) is -5.10. The molecule has 0 aromatic carbocycles. The highest BCUT2D eigenvalue weighted by Gasteiger charge is 2.51. The van der Waals surface area contributed by atoms with E-state index in [0.29, 0.717) is 12.8 Å². The Morgan fingerprint density at radius 3 is 1.47 bits per heavy atom. The molecule has 0 heterocycles. The summed E-state index contributed by atoms with van der Waals surface area (Å²) in [6.07, 6.45) is 7.67. The van der Waals surface area contributed by atoms with Gasteiger partial charge in [-0.15, -0.1) is 0 Å². The minimum Gasteiger partial charge on any atom is -0.393 e. The first kappa shape index (κ1) is 46.3. The molecule has 0 aliphatic heterocycles. The van der Waals surface area contributed by atoms with Crippen molar-refractivity contribution in [1.82, 2.24) is 5.32 Å². The van der Waals surface area contributed by atoms with E-state index in [4.69, 9.17) is 9.05 Å². The number of phosphoric ester groups is 1. The van der Waals surface area contributed by atoms with Crippen LogP contribution in [0.15, 0.2) is 0 Å². The van der Waals surface area contributed by atoms with Gasteiger partial charge in [0.15, 0.2) is 0 Å². The minimum atomic E-state index is -5.10. The van der Waals surface area contributed by atoms with E-state index in [9.17, 15) is 50.0 Å². The molecule has 1 aliphatic carbocycles. The molecule has 13 nitrogen and oxygen atoms in total. The molecular weight excluding hydrogens is 657 g/mol. The van der Waals surface area contributed by atoms with Gasteiger partial charge in [-0.3, -0.25) is 13.8 Å². The summed E-state index contributed by atoms with van der Waals surface area (Å²) in [6.45, 7) is 3.70. The van der Waals surface area contributed by atoms with E-state index in [-0.39, 0.29) is 12.8 Å². The number of rotatable bonds is 30. The number of hydrogen-bond acceptors (Lipinski definition) is 11. The SMILES string of the molecule is CCCCCCCCCCCCCC(O)C(COP(=O)(O)OC1C(O)C(O)C(O)C(O)C1O)NC(=O)CC(O)CCCCCCCCCC. The molecule has 49 heavy (non-hydrogen) atoms. The van der Waals surface area contributed by atoms with Gasteiger partial charge in [-0.2, -0.15) is 0 Å². The maximum Gasteiger partial charge on any atom is 0.472 e. The smallest absolute Gasteiger partial charge is 0.393 e. The Bertz CT molecular complexity index is 870. The summed E-state index contributed by atoms with van der Waals surface area (Å²) in [4.78, 5) is 23.2. The highest BCUT2D eigenvalue weighted by Crippen LogP contribution is 2.47. The lowest BCUT2D eigenvalue weighted by molar-refractivity contribution is -0.220. The normalized spacial score (nSPS) is 25.8. The number of carbonyl (C=O) groups excluding carboxylic acids is 1. The van der Waals surface area contributed by atoms with Crippen LogP contribution >= 0.6 is 7.82 Å². The predicted octanol–water partition coefficient (Wildman–Crippen LogP) is 4.14. The van der Waals surface area contributed by atoms with E-state index in [1.54, 1.807) is 0 Å². The number of phosphoric acid groups is 1. The Kier molecular flexibility index (Phi) is 25.5. The second-order valence-corrected chi connectivity index (χ2v) is 15.4. The molecule has 1 rings (SSSR count). The summed E-state index contributed by atoms with van der Waals surface area (Å²) in [5, 5.41) is 74.0. The molecule has 8 unspecified atom stereocenters. The van der Waals surface area contributed by atoms with Crippen LogP contribution in [0.5, 0.6) is 0 Å². The first-order valence-electron chi connectivity index (χ1n) is 19.1. The maximum atomic E-state index is 12.8. The molecule has 0 spiro atoms. The number of amides is 1. The zero-order valence-electron chi connectivity index (χ0n) is 30.1. The number of aliphatic hydroxyl groups excluding tert-OH is 7. The van der Waals surface area contributed by atoms with Crippen molar-refractivity contribution in [3.8, 4) is 0 Å². The summed E-state index contributed by atoms with van der Waals surface area (Å²) >= 11 is 0. The van der Waals surface area contributed by atoms with Crippen LogP contribution in [0, 0.1) is 0 Å². The van der Waals surface area contributed by atoms with Gasteiger partial charge >= 0.3 is 7.82 Å². The van der Waals surface area contributed by atoms with E-state index in [1.807, 2.05) is 0 Å². The van der Waals surface area contributed by atoms with Crippen LogP contribution < -0.4 is 5.32 Å². The molecule has 9 N–H and O–H groups in total. The predicted molar refractivity (Wildman–Crippen MR) is 188 cm³/mol. The van der Waals surface area contributed by atoms with Crippen molar-refractivity contribution in [2.75, 3.05) is 6.61 Å². The Hall–Kier alpha value is -0.700. The van der Waals surface area contributed by atoms with E-state index >= 15 is 0 Å². The number of hydrogen-bond donors (Lipinski definition) is 9. The summed E-state index contributed by atoms with van der Waals surface area (Å²) in [5.74, 6) is -0.564. The Labute approximate surface area is 294 Å². The highest BCUT2D eigenvalue weighted by atomic mass is 31.2. The lowest BCUT2D eigenvalue weighted by Crippen LogP contribution is -2.64. The molecule has 8 atom stereocenters. The van der Waals surface area contributed by atoms with Gasteiger partial charge in [0.1, 0.15) is 36.6 Å². The second kappa shape index (κ2) is 27.0. The standard InChI is InChI=1S/C35H70NO12P/c1-3-5-7-9-11-13-14-15-17-19-21-23-28(38)27(36-29(39)24-26(37)22-20-18-16-12-10-8-6-4-2)25-47-49(45,46)48-35-33(43)31(41)30(40)32(42)34(35)44/h26-28,30-35,37-38,40-44H,3-25H2,1-2H3,(H,36,39)(H,45,46). The molecule has 1 amide bonds. The molecule has 292 valence electrons. The quantitative estimate of drug-likeness (QED) is 0.0376. The molecule has 0 saturated heterocycles. The number of nitrogens with one attached hydrogen (secondary N) is 1. The summed E-state index contributed by atoms with van der Waals surface area (Å²) in [6, 6.07) is -1.14. The average Bonchev–Trinajstić information content (AvgIpc) is 3.06. The van der Waals surface area contributed by atoms with Crippen molar-refractivity contribution in [3.63, 3.8) is 0 Å². The van der Waals surface area contributed by atoms with Gasteiger partial charge in [0, 0.05) is 0 Å². The van der Waals surface area contributed by atoms with Crippen LogP contribution in [-0.4, -0.2) is 108 Å². The van der Waals surface area contributed by atoms with E-state index < -0.39 is 75.2 Å². The van der Waals surface area contributed by atoms with Crippen LogP contribution in [0.1, 0.15) is 155 Å². The van der Waals surface area contributed by atoms with E-state index in [1.165, 1.54) is 64.2 Å². The van der Waals surface area contributed by atoms with Gasteiger partial charge in [-0.1, -0.05) is 136 Å². The van der Waals surface area contributed by atoms with Crippen molar-refractivity contribution in [2.24, 2.45) is 0 Å². The Balaban J connectivity index is 2.65. The van der Waals surface area contributed by atoms with Crippen molar-refractivity contribution in [1.29, 1.82) is 0 Å². The molecule has 0 aromatic rings. The fourth-order valence-corrected chi connectivity index (χ4v) is 7.21. The Morgan fingerprint density at radius 2 is 1.02 bits per heavy atom. The van der Waals surface area contributed by atoms with Gasteiger partial charge < -0.3 is 46.0 Å². The summed E-state index contributed by atoms with van der Waals surface area (Å²) in [5.41, 5.74) is 0. The molecular formula is C35H70NO12P. The fraction of sp³-hybridized carbons (Fsp3) is 0.971. The van der Waals surface area contributed by atoms with E-state index in [2.05, 4.69) is 19.2 Å². The van der Waals surface area contributed by atoms with Crippen LogP contribution in [0.25, 0.3) is 0 Å². The van der Waals surface area contributed by atoms with Gasteiger partial charge in [-0.05, 0) is 12.8 Å². The molecule has 1 saturated carbocycles. The molecule has 0 radical (unpaired) electrons. The zero-order chi connectivity index (χ0) is 36.7. The summed E-state index contributed by atoms with van der Waals surface area (Å²) < 4.78 is 22.7. The van der Waals surface area contributed by atoms with Crippen LogP contribution in [0.2, 0.25) is 0 Å². The number of unbranched alkanes of at least 4 members (excludes halogenated alkanes) is 17. The molecule has 1 aliphatic rings. The lowest BCUT2D eigenvalue weighted by Gasteiger charge is -2.41. The third-order valence-corrected chi connectivity index (χ3v) is 10.5. The first-order valence-corrected chi connectivity index (χ1v) is 20.6. The molecule has 14 heteroatoms. The largest absolute Gasteiger partial charge is 0.472 e. The van der Waals surface area contributed by atoms with Crippen molar-refractivity contribution < 1.29 is 59.0 Å². The zero-order valence-corrected chi connectivity index (χ0v) is 31.0. The minimum absolute atomic E-state index is 0.218. The van der Waals surface area contributed by atoms with Gasteiger partial charge in [0.2, 0.25) is 5.91 Å². The topological polar surface area (TPSA) is 226 Å². The maximum absolute atomic E-state index is 12.8. The molecule has 1 fully saturated rings. The number of aliphatic hydroxyl groups is 7.